The van der Waals surface area contributed by atoms with E-state index >= 15 is 0 Å². The smallest absolute Gasteiger partial charge is 0.151 e. The number of hydrogen-bond donors (Lipinski definition) is 1. The third-order valence-electron chi connectivity index (χ3n) is 2.29. The van der Waals surface area contributed by atoms with Gasteiger partial charge < -0.3 is 10.6 Å². The maximum atomic E-state index is 13.2. The Bertz CT molecular complexity index is 340. The molecule has 0 aliphatic carbocycles. The molecule has 2 nitrogen and oxygen atoms in total. The van der Waals surface area contributed by atoms with Crippen molar-refractivity contribution in [1.29, 1.82) is 0 Å². The first kappa shape index (κ1) is 11.8. The van der Waals surface area contributed by atoms with Gasteiger partial charge in [0.05, 0.1) is 11.4 Å². The first-order valence-electron chi connectivity index (χ1n) is 5.09. The van der Waals surface area contributed by atoms with Crippen LogP contribution in [0, 0.1) is 11.6 Å². The van der Waals surface area contributed by atoms with Crippen molar-refractivity contribution < 1.29 is 8.78 Å². The number of rotatable bonds is 4. The van der Waals surface area contributed by atoms with Crippen LogP contribution in [0.5, 0.6) is 0 Å². The van der Waals surface area contributed by atoms with E-state index in [4.69, 9.17) is 5.73 Å². The molecule has 0 aromatic heterocycles. The fourth-order valence-corrected chi connectivity index (χ4v) is 1.55. The Morgan fingerprint density at radius 3 is 2.47 bits per heavy atom. The Hall–Kier alpha value is -1.32. The van der Waals surface area contributed by atoms with Crippen LogP contribution in [0.4, 0.5) is 20.2 Å². The van der Waals surface area contributed by atoms with Gasteiger partial charge in [0.2, 0.25) is 0 Å². The number of nitrogens with two attached hydrogens (primary N) is 1. The third-order valence-corrected chi connectivity index (χ3v) is 2.29. The summed E-state index contributed by atoms with van der Waals surface area (Å²) in [5, 5.41) is 0. The lowest BCUT2D eigenvalue weighted by molar-refractivity contribution is 0.585. The Labute approximate surface area is 88.7 Å². The van der Waals surface area contributed by atoms with Crippen LogP contribution in [0.2, 0.25) is 0 Å². The van der Waals surface area contributed by atoms with Crippen LogP contribution in [-0.2, 0) is 0 Å². The highest BCUT2D eigenvalue weighted by molar-refractivity contribution is 5.68. The number of anilines is 2. The van der Waals surface area contributed by atoms with Crippen molar-refractivity contribution in [2.45, 2.75) is 20.3 Å². The molecule has 0 spiro atoms. The molecule has 0 radical (unpaired) electrons. The first-order chi connectivity index (χ1) is 7.10. The molecule has 0 bridgehead atoms. The van der Waals surface area contributed by atoms with Gasteiger partial charge in [-0.3, -0.25) is 0 Å². The molecule has 0 aliphatic heterocycles. The van der Waals surface area contributed by atoms with Gasteiger partial charge in [-0.2, -0.15) is 0 Å². The second-order valence-corrected chi connectivity index (χ2v) is 3.40. The average molecular weight is 214 g/mol. The van der Waals surface area contributed by atoms with Gasteiger partial charge in [0.15, 0.2) is 5.82 Å². The zero-order valence-electron chi connectivity index (χ0n) is 9.06. The number of halogens is 2. The summed E-state index contributed by atoms with van der Waals surface area (Å²) in [6, 6.07) is 2.08. The molecule has 1 aromatic rings. The molecule has 0 heterocycles. The molecule has 0 saturated carbocycles. The predicted molar refractivity (Wildman–Crippen MR) is 58.9 cm³/mol. The molecule has 0 fully saturated rings. The van der Waals surface area contributed by atoms with Crippen LogP contribution >= 0.6 is 0 Å². The molecule has 1 aromatic carbocycles. The van der Waals surface area contributed by atoms with E-state index in [1.807, 2.05) is 18.7 Å². The molecule has 0 aliphatic rings. The molecule has 0 atom stereocenters. The molecule has 84 valence electrons. The molecule has 0 unspecified atom stereocenters. The van der Waals surface area contributed by atoms with Crippen molar-refractivity contribution >= 4 is 11.4 Å². The zero-order valence-corrected chi connectivity index (χ0v) is 9.06. The summed E-state index contributed by atoms with van der Waals surface area (Å²) in [7, 11) is 0. The predicted octanol–water partition coefficient (Wildman–Crippen LogP) is 2.78. The number of benzene rings is 1. The van der Waals surface area contributed by atoms with Gasteiger partial charge in [-0.05, 0) is 19.4 Å². The monoisotopic (exact) mass is 214 g/mol. The number of hydrogen-bond acceptors (Lipinski definition) is 2. The van der Waals surface area contributed by atoms with Crippen LogP contribution in [0.25, 0.3) is 0 Å². The molecule has 0 amide bonds. The molecular formula is C11H16F2N2. The maximum absolute atomic E-state index is 13.2. The topological polar surface area (TPSA) is 29.3 Å². The van der Waals surface area contributed by atoms with Crippen LogP contribution < -0.4 is 10.6 Å². The summed E-state index contributed by atoms with van der Waals surface area (Å²) in [6.45, 7) is 5.36. The van der Waals surface area contributed by atoms with Gasteiger partial charge >= 0.3 is 0 Å². The lowest BCUT2D eigenvalue weighted by Crippen LogP contribution is -2.24. The Kier molecular flexibility index (Phi) is 3.88. The summed E-state index contributed by atoms with van der Waals surface area (Å²) < 4.78 is 26.2. The van der Waals surface area contributed by atoms with Gasteiger partial charge in [0.25, 0.3) is 0 Å². The highest BCUT2D eigenvalue weighted by Crippen LogP contribution is 2.27. The SMILES string of the molecule is CCCN(CC)c1cc(F)cc(F)c1N. The second-order valence-electron chi connectivity index (χ2n) is 3.40. The number of nitrogen functional groups attached to an aromatic ring is 1. The quantitative estimate of drug-likeness (QED) is 0.781. The van der Waals surface area contributed by atoms with Gasteiger partial charge in [-0.1, -0.05) is 6.92 Å². The van der Waals surface area contributed by atoms with E-state index in [1.54, 1.807) is 0 Å². The van der Waals surface area contributed by atoms with E-state index in [0.717, 1.165) is 19.0 Å². The van der Waals surface area contributed by atoms with Crippen molar-refractivity contribution in [2.24, 2.45) is 0 Å². The minimum Gasteiger partial charge on any atom is -0.395 e. The number of nitrogens with zero attached hydrogens (tertiary/aromatic N) is 1. The molecular weight excluding hydrogens is 198 g/mol. The highest BCUT2D eigenvalue weighted by Gasteiger charge is 2.12. The lowest BCUT2D eigenvalue weighted by Gasteiger charge is -2.24. The van der Waals surface area contributed by atoms with Crippen molar-refractivity contribution in [3.63, 3.8) is 0 Å². The third kappa shape index (κ3) is 2.58. The van der Waals surface area contributed by atoms with E-state index in [1.165, 1.54) is 6.07 Å². The van der Waals surface area contributed by atoms with Crippen molar-refractivity contribution in [3.05, 3.63) is 23.8 Å². The summed E-state index contributed by atoms with van der Waals surface area (Å²) >= 11 is 0. The van der Waals surface area contributed by atoms with Crippen molar-refractivity contribution in [2.75, 3.05) is 23.7 Å². The summed E-state index contributed by atoms with van der Waals surface area (Å²) in [6.07, 6.45) is 0.908. The second kappa shape index (κ2) is 4.96. The van der Waals surface area contributed by atoms with Gasteiger partial charge in [0, 0.05) is 19.2 Å². The van der Waals surface area contributed by atoms with E-state index < -0.39 is 11.6 Å². The average Bonchev–Trinajstić information content (AvgIpc) is 2.20. The zero-order chi connectivity index (χ0) is 11.4. The molecule has 4 heteroatoms. The molecule has 2 N–H and O–H groups in total. The molecule has 1 rings (SSSR count). The Morgan fingerprint density at radius 1 is 1.27 bits per heavy atom. The van der Waals surface area contributed by atoms with Gasteiger partial charge in [0.1, 0.15) is 5.82 Å². The van der Waals surface area contributed by atoms with Crippen LogP contribution in [0.3, 0.4) is 0 Å². The normalized spacial score (nSPS) is 10.4. The fourth-order valence-electron chi connectivity index (χ4n) is 1.55. The Balaban J connectivity index is 3.10. The van der Waals surface area contributed by atoms with Crippen LogP contribution in [0.1, 0.15) is 20.3 Å². The molecule has 0 saturated heterocycles. The van der Waals surface area contributed by atoms with E-state index in [0.29, 0.717) is 12.2 Å². The summed E-state index contributed by atoms with van der Waals surface area (Å²) in [4.78, 5) is 1.86. The van der Waals surface area contributed by atoms with Gasteiger partial charge in [-0.15, -0.1) is 0 Å². The minimum atomic E-state index is -0.695. The van der Waals surface area contributed by atoms with Crippen LogP contribution in [0.15, 0.2) is 12.1 Å². The maximum Gasteiger partial charge on any atom is 0.151 e. The largest absolute Gasteiger partial charge is 0.395 e. The van der Waals surface area contributed by atoms with Crippen LogP contribution in [-0.4, -0.2) is 13.1 Å². The summed E-state index contributed by atoms with van der Waals surface area (Å²) in [5.74, 6) is -1.29. The lowest BCUT2D eigenvalue weighted by atomic mass is 10.2. The van der Waals surface area contributed by atoms with E-state index in [9.17, 15) is 8.78 Å². The Morgan fingerprint density at radius 2 is 1.93 bits per heavy atom. The standard InChI is InChI=1S/C11H16F2N2/c1-3-5-15(4-2)10-7-8(12)6-9(13)11(10)14/h6-7H,3-5,14H2,1-2H3. The van der Waals surface area contributed by atoms with Crippen molar-refractivity contribution in [3.8, 4) is 0 Å². The molecule has 15 heavy (non-hydrogen) atoms. The minimum absolute atomic E-state index is 0.0201. The van der Waals surface area contributed by atoms with E-state index in [2.05, 4.69) is 0 Å². The van der Waals surface area contributed by atoms with Crippen molar-refractivity contribution in [1.82, 2.24) is 0 Å². The van der Waals surface area contributed by atoms with E-state index in [-0.39, 0.29) is 5.69 Å². The summed E-state index contributed by atoms with van der Waals surface area (Å²) in [5.41, 5.74) is 6.04. The highest BCUT2D eigenvalue weighted by atomic mass is 19.1. The first-order valence-corrected chi connectivity index (χ1v) is 5.09. The fraction of sp³-hybridized carbons (Fsp3) is 0.455. The van der Waals surface area contributed by atoms with Gasteiger partial charge in [-0.25, -0.2) is 8.78 Å².